The summed E-state index contributed by atoms with van der Waals surface area (Å²) in [5.41, 5.74) is 1.21. The van der Waals surface area contributed by atoms with Crippen molar-refractivity contribution >= 4 is 43.6 Å². The molecule has 0 saturated heterocycles. The minimum atomic E-state index is 0.643. The summed E-state index contributed by atoms with van der Waals surface area (Å²) in [5.74, 6) is 1.51. The first kappa shape index (κ1) is 15.3. The Hall–Kier alpha value is -1.14. The predicted octanol–water partition coefficient (Wildman–Crippen LogP) is 4.07. The molecule has 4 nitrogen and oxygen atoms in total. The molecule has 0 spiro atoms. The highest BCUT2D eigenvalue weighted by molar-refractivity contribution is 9.10. The largest absolute Gasteiger partial charge is 0.354 e. The molecular formula is C14H16Br2N4. The minimum Gasteiger partial charge on any atom is -0.354 e. The highest BCUT2D eigenvalue weighted by Crippen LogP contribution is 2.26. The summed E-state index contributed by atoms with van der Waals surface area (Å²) < 4.78 is 1.98. The van der Waals surface area contributed by atoms with Crippen molar-refractivity contribution in [1.82, 2.24) is 9.97 Å². The zero-order valence-electron chi connectivity index (χ0n) is 11.4. The van der Waals surface area contributed by atoms with Crippen LogP contribution in [-0.4, -0.2) is 23.6 Å². The van der Waals surface area contributed by atoms with Crippen LogP contribution >= 0.6 is 31.9 Å². The first-order chi connectivity index (χ1) is 9.61. The lowest BCUT2D eigenvalue weighted by atomic mass is 10.2. The average Bonchev–Trinajstić information content (AvgIpc) is 2.43. The molecule has 0 saturated carbocycles. The summed E-state index contributed by atoms with van der Waals surface area (Å²) in [6, 6.07) is 8.19. The van der Waals surface area contributed by atoms with Crippen LogP contribution in [-0.2, 0) is 6.54 Å². The van der Waals surface area contributed by atoms with E-state index in [1.165, 1.54) is 5.56 Å². The van der Waals surface area contributed by atoms with Crippen LogP contribution in [0.25, 0.3) is 0 Å². The van der Waals surface area contributed by atoms with Gasteiger partial charge in [-0.15, -0.1) is 0 Å². The van der Waals surface area contributed by atoms with Crippen LogP contribution in [0, 0.1) is 0 Å². The highest BCUT2D eigenvalue weighted by atomic mass is 79.9. The molecule has 1 heterocycles. The number of nitrogens with one attached hydrogen (secondary N) is 1. The third-order valence-electron chi connectivity index (χ3n) is 2.79. The average molecular weight is 400 g/mol. The van der Waals surface area contributed by atoms with E-state index in [2.05, 4.69) is 58.1 Å². The Labute approximate surface area is 135 Å². The fourth-order valence-corrected chi connectivity index (χ4v) is 2.73. The van der Waals surface area contributed by atoms with E-state index in [0.717, 1.165) is 27.9 Å². The number of anilines is 2. The zero-order chi connectivity index (χ0) is 14.5. The van der Waals surface area contributed by atoms with Crippen molar-refractivity contribution in [3.05, 3.63) is 45.0 Å². The van der Waals surface area contributed by atoms with Gasteiger partial charge < -0.3 is 10.2 Å². The third-order valence-corrected chi connectivity index (χ3v) is 4.12. The standard InChI is InChI=1S/C14H16Br2N4/c1-3-17-14-18-8-12(16)13(19-14)20(2)9-10-6-4-5-7-11(10)15/h4-8H,3,9H2,1-2H3,(H,17,18,19). The molecule has 0 aliphatic carbocycles. The van der Waals surface area contributed by atoms with E-state index >= 15 is 0 Å². The molecule has 1 aromatic carbocycles. The molecule has 2 aromatic rings. The number of hydrogen-bond donors (Lipinski definition) is 1. The van der Waals surface area contributed by atoms with Gasteiger partial charge in [0.05, 0.1) is 4.47 Å². The van der Waals surface area contributed by atoms with Gasteiger partial charge in [-0.1, -0.05) is 34.1 Å². The van der Waals surface area contributed by atoms with Gasteiger partial charge in [0.2, 0.25) is 5.95 Å². The molecule has 20 heavy (non-hydrogen) atoms. The van der Waals surface area contributed by atoms with Gasteiger partial charge in [-0.3, -0.25) is 0 Å². The molecule has 0 amide bonds. The Morgan fingerprint density at radius 2 is 1.95 bits per heavy atom. The molecule has 0 aliphatic rings. The summed E-state index contributed by atoms with van der Waals surface area (Å²) in [6.07, 6.45) is 1.77. The number of benzene rings is 1. The number of halogens is 2. The third kappa shape index (κ3) is 3.70. The van der Waals surface area contributed by atoms with Crippen LogP contribution in [0.2, 0.25) is 0 Å². The number of nitrogens with zero attached hydrogens (tertiary/aromatic N) is 3. The molecule has 0 radical (unpaired) electrons. The zero-order valence-corrected chi connectivity index (χ0v) is 14.6. The van der Waals surface area contributed by atoms with Crippen molar-refractivity contribution in [3.8, 4) is 0 Å². The first-order valence-electron chi connectivity index (χ1n) is 6.32. The van der Waals surface area contributed by atoms with E-state index in [1.807, 2.05) is 32.2 Å². The van der Waals surface area contributed by atoms with Crippen molar-refractivity contribution in [3.63, 3.8) is 0 Å². The lowest BCUT2D eigenvalue weighted by Crippen LogP contribution is -2.19. The SMILES string of the molecule is CCNc1ncc(Br)c(N(C)Cc2ccccc2Br)n1. The number of hydrogen-bond acceptors (Lipinski definition) is 4. The summed E-state index contributed by atoms with van der Waals surface area (Å²) in [4.78, 5) is 10.8. The molecule has 1 N–H and O–H groups in total. The molecule has 1 aromatic heterocycles. The van der Waals surface area contributed by atoms with E-state index in [-0.39, 0.29) is 0 Å². The van der Waals surface area contributed by atoms with Gasteiger partial charge >= 0.3 is 0 Å². The summed E-state index contributed by atoms with van der Waals surface area (Å²) in [5, 5.41) is 3.13. The topological polar surface area (TPSA) is 41.1 Å². The summed E-state index contributed by atoms with van der Waals surface area (Å²) in [6.45, 7) is 3.59. The predicted molar refractivity (Wildman–Crippen MR) is 90.1 cm³/mol. The molecular weight excluding hydrogens is 384 g/mol. The highest BCUT2D eigenvalue weighted by Gasteiger charge is 2.11. The van der Waals surface area contributed by atoms with Crippen LogP contribution < -0.4 is 10.2 Å². The van der Waals surface area contributed by atoms with Crippen LogP contribution in [0.1, 0.15) is 12.5 Å². The van der Waals surface area contributed by atoms with Crippen molar-refractivity contribution < 1.29 is 0 Å². The second-order valence-corrected chi connectivity index (χ2v) is 6.05. The van der Waals surface area contributed by atoms with E-state index in [0.29, 0.717) is 5.95 Å². The van der Waals surface area contributed by atoms with Crippen LogP contribution in [0.5, 0.6) is 0 Å². The second-order valence-electron chi connectivity index (χ2n) is 4.34. The minimum absolute atomic E-state index is 0.643. The fraction of sp³-hybridized carbons (Fsp3) is 0.286. The lowest BCUT2D eigenvalue weighted by molar-refractivity contribution is 0.882. The molecule has 0 fully saturated rings. The molecule has 0 bridgehead atoms. The van der Waals surface area contributed by atoms with Gasteiger partial charge in [0.1, 0.15) is 5.82 Å². The molecule has 0 aliphatic heterocycles. The first-order valence-corrected chi connectivity index (χ1v) is 7.91. The molecule has 6 heteroatoms. The van der Waals surface area contributed by atoms with Crippen molar-refractivity contribution in [2.24, 2.45) is 0 Å². The van der Waals surface area contributed by atoms with Gasteiger partial charge in [0.25, 0.3) is 0 Å². The van der Waals surface area contributed by atoms with Gasteiger partial charge in [0.15, 0.2) is 0 Å². The normalized spacial score (nSPS) is 10.4. The maximum Gasteiger partial charge on any atom is 0.224 e. The van der Waals surface area contributed by atoms with E-state index in [4.69, 9.17) is 0 Å². The van der Waals surface area contributed by atoms with Crippen LogP contribution in [0.3, 0.4) is 0 Å². The molecule has 106 valence electrons. The Kier molecular flexibility index (Phi) is 5.37. The Balaban J connectivity index is 2.22. The van der Waals surface area contributed by atoms with Gasteiger partial charge in [-0.05, 0) is 34.5 Å². The monoisotopic (exact) mass is 398 g/mol. The number of rotatable bonds is 5. The Bertz CT molecular complexity index is 589. The maximum absolute atomic E-state index is 4.53. The smallest absolute Gasteiger partial charge is 0.224 e. The van der Waals surface area contributed by atoms with Crippen molar-refractivity contribution in [2.45, 2.75) is 13.5 Å². The van der Waals surface area contributed by atoms with Crippen molar-refractivity contribution in [1.29, 1.82) is 0 Å². The van der Waals surface area contributed by atoms with E-state index in [1.54, 1.807) is 6.20 Å². The Morgan fingerprint density at radius 3 is 2.65 bits per heavy atom. The van der Waals surface area contributed by atoms with E-state index < -0.39 is 0 Å². The van der Waals surface area contributed by atoms with Gasteiger partial charge in [0, 0.05) is 30.8 Å². The molecule has 2 rings (SSSR count). The summed E-state index contributed by atoms with van der Waals surface area (Å²) >= 11 is 7.08. The molecule has 0 unspecified atom stereocenters. The number of aromatic nitrogens is 2. The van der Waals surface area contributed by atoms with Gasteiger partial charge in [-0.25, -0.2) is 4.98 Å². The van der Waals surface area contributed by atoms with Gasteiger partial charge in [-0.2, -0.15) is 4.98 Å². The van der Waals surface area contributed by atoms with Crippen LogP contribution in [0.4, 0.5) is 11.8 Å². The lowest BCUT2D eigenvalue weighted by Gasteiger charge is -2.20. The van der Waals surface area contributed by atoms with Crippen molar-refractivity contribution in [2.75, 3.05) is 23.8 Å². The fourth-order valence-electron chi connectivity index (χ4n) is 1.83. The van der Waals surface area contributed by atoms with Crippen LogP contribution in [0.15, 0.2) is 39.4 Å². The Morgan fingerprint density at radius 1 is 1.20 bits per heavy atom. The second kappa shape index (κ2) is 7.04. The molecule has 0 atom stereocenters. The quantitative estimate of drug-likeness (QED) is 0.822. The maximum atomic E-state index is 4.53. The summed E-state index contributed by atoms with van der Waals surface area (Å²) in [7, 11) is 2.02. The van der Waals surface area contributed by atoms with E-state index in [9.17, 15) is 0 Å².